The fourth-order valence-electron chi connectivity index (χ4n) is 4.47. The second-order valence-electron chi connectivity index (χ2n) is 8.51. The zero-order valence-corrected chi connectivity index (χ0v) is 20.5. The number of thioether (sulfide) groups is 1. The fraction of sp³-hybridized carbons (Fsp3) is 0.400. The van der Waals surface area contributed by atoms with Crippen LogP contribution in [0.1, 0.15) is 38.7 Å². The molecule has 1 fully saturated rings. The molecule has 1 aromatic carbocycles. The molecule has 1 aliphatic rings. The Morgan fingerprint density at radius 1 is 1.25 bits per heavy atom. The SMILES string of the molecule is C=CCn1c(SCC(=O)N2C(C)CCCC2C)nc2scc(-c3ccc(C)cc3)c2c1=O. The molecule has 7 heteroatoms. The predicted molar refractivity (Wildman–Crippen MR) is 135 cm³/mol. The highest BCUT2D eigenvalue weighted by molar-refractivity contribution is 7.99. The molecule has 0 bridgehead atoms. The molecule has 0 aliphatic carbocycles. The number of fused-ring (bicyclic) bond motifs is 1. The van der Waals surface area contributed by atoms with Crippen LogP contribution in [0.5, 0.6) is 0 Å². The monoisotopic (exact) mass is 467 g/mol. The van der Waals surface area contributed by atoms with Crippen LogP contribution in [0.15, 0.2) is 52.3 Å². The molecule has 0 radical (unpaired) electrons. The van der Waals surface area contributed by atoms with Gasteiger partial charge in [-0.2, -0.15) is 0 Å². The number of piperidine rings is 1. The predicted octanol–water partition coefficient (Wildman–Crippen LogP) is 5.50. The maximum absolute atomic E-state index is 13.5. The van der Waals surface area contributed by atoms with E-state index in [1.807, 2.05) is 41.5 Å². The molecule has 0 N–H and O–H groups in total. The summed E-state index contributed by atoms with van der Waals surface area (Å²) in [5.74, 6) is 0.390. The largest absolute Gasteiger partial charge is 0.337 e. The number of hydrogen-bond acceptors (Lipinski definition) is 5. The summed E-state index contributed by atoms with van der Waals surface area (Å²) in [4.78, 5) is 34.0. The molecular formula is C25H29N3O2S2. The van der Waals surface area contributed by atoms with Crippen LogP contribution >= 0.6 is 23.1 Å². The van der Waals surface area contributed by atoms with Gasteiger partial charge in [-0.25, -0.2) is 4.98 Å². The minimum absolute atomic E-state index is 0.0821. The first-order chi connectivity index (χ1) is 15.4. The van der Waals surface area contributed by atoms with E-state index < -0.39 is 0 Å². The Bertz CT molecular complexity index is 1190. The smallest absolute Gasteiger partial charge is 0.263 e. The van der Waals surface area contributed by atoms with Crippen LogP contribution < -0.4 is 5.56 Å². The van der Waals surface area contributed by atoms with Gasteiger partial charge >= 0.3 is 0 Å². The van der Waals surface area contributed by atoms with Gasteiger partial charge < -0.3 is 4.90 Å². The first-order valence-electron chi connectivity index (χ1n) is 11.0. The summed E-state index contributed by atoms with van der Waals surface area (Å²) in [5, 5.41) is 3.21. The molecule has 0 spiro atoms. The molecule has 2 aromatic heterocycles. The van der Waals surface area contributed by atoms with E-state index in [0.29, 0.717) is 21.9 Å². The molecule has 3 aromatic rings. The summed E-state index contributed by atoms with van der Waals surface area (Å²) in [6, 6.07) is 8.69. The number of benzene rings is 1. The van der Waals surface area contributed by atoms with E-state index in [0.717, 1.165) is 30.4 Å². The third-order valence-electron chi connectivity index (χ3n) is 6.14. The van der Waals surface area contributed by atoms with E-state index in [4.69, 9.17) is 4.98 Å². The Hall–Kier alpha value is -2.38. The number of likely N-dealkylation sites (tertiary alicyclic amines) is 1. The van der Waals surface area contributed by atoms with Gasteiger partial charge in [0.25, 0.3) is 5.56 Å². The number of thiophene rings is 1. The fourth-order valence-corrected chi connectivity index (χ4v) is 6.33. The van der Waals surface area contributed by atoms with Crippen molar-refractivity contribution in [2.45, 2.75) is 63.8 Å². The Labute approximate surface area is 197 Å². The molecule has 4 rings (SSSR count). The lowest BCUT2D eigenvalue weighted by molar-refractivity contribution is -0.134. The number of carbonyl (C=O) groups excluding carboxylic acids is 1. The van der Waals surface area contributed by atoms with Gasteiger partial charge in [0.15, 0.2) is 5.16 Å². The average molecular weight is 468 g/mol. The molecule has 2 atom stereocenters. The average Bonchev–Trinajstić information content (AvgIpc) is 3.19. The standard InChI is InChI=1S/C25H29N3O2S2/c1-5-13-27-24(30)22-20(19-11-9-16(2)10-12-19)14-31-23(22)26-25(27)32-15-21(29)28-17(3)7-6-8-18(28)4/h5,9-12,14,17-18H,1,6-8,13,15H2,2-4H3. The van der Waals surface area contributed by atoms with Gasteiger partial charge in [0.2, 0.25) is 5.91 Å². The topological polar surface area (TPSA) is 55.2 Å². The minimum atomic E-state index is -0.0821. The van der Waals surface area contributed by atoms with Crippen LogP contribution in [0.25, 0.3) is 21.3 Å². The number of rotatable bonds is 6. The Kier molecular flexibility index (Phi) is 6.86. The van der Waals surface area contributed by atoms with Gasteiger partial charge in [-0.1, -0.05) is 47.7 Å². The van der Waals surface area contributed by atoms with Crippen LogP contribution in [0.3, 0.4) is 0 Å². The van der Waals surface area contributed by atoms with E-state index in [1.54, 1.807) is 10.6 Å². The molecule has 3 heterocycles. The van der Waals surface area contributed by atoms with Crippen molar-refractivity contribution in [2.24, 2.45) is 0 Å². The molecule has 168 valence electrons. The number of carbonyl (C=O) groups is 1. The van der Waals surface area contributed by atoms with Gasteiger partial charge in [-0.3, -0.25) is 14.2 Å². The molecule has 5 nitrogen and oxygen atoms in total. The van der Waals surface area contributed by atoms with E-state index in [1.165, 1.54) is 28.7 Å². The summed E-state index contributed by atoms with van der Waals surface area (Å²) in [5.41, 5.74) is 3.01. The highest BCUT2D eigenvalue weighted by Crippen LogP contribution is 2.33. The lowest BCUT2D eigenvalue weighted by Gasteiger charge is -2.39. The summed E-state index contributed by atoms with van der Waals surface area (Å²) in [6.07, 6.45) is 4.96. The van der Waals surface area contributed by atoms with Crippen molar-refractivity contribution in [3.8, 4) is 11.1 Å². The maximum Gasteiger partial charge on any atom is 0.263 e. The summed E-state index contributed by atoms with van der Waals surface area (Å²) in [6.45, 7) is 10.5. The van der Waals surface area contributed by atoms with E-state index in [-0.39, 0.29) is 29.3 Å². The maximum atomic E-state index is 13.5. The van der Waals surface area contributed by atoms with Crippen molar-refractivity contribution in [1.82, 2.24) is 14.5 Å². The van der Waals surface area contributed by atoms with Gasteiger partial charge in [-0.15, -0.1) is 17.9 Å². The molecule has 0 saturated carbocycles. The zero-order valence-electron chi connectivity index (χ0n) is 18.8. The van der Waals surface area contributed by atoms with E-state index in [2.05, 4.69) is 20.4 Å². The molecule has 32 heavy (non-hydrogen) atoms. The molecule has 1 aliphatic heterocycles. The van der Waals surface area contributed by atoms with Crippen LogP contribution in [-0.4, -0.2) is 38.2 Å². The first-order valence-corrected chi connectivity index (χ1v) is 12.9. The molecule has 2 unspecified atom stereocenters. The lowest BCUT2D eigenvalue weighted by Crippen LogP contribution is -2.48. The third-order valence-corrected chi connectivity index (χ3v) is 7.97. The number of allylic oxidation sites excluding steroid dienone is 1. The second-order valence-corrected chi connectivity index (χ2v) is 10.3. The van der Waals surface area contributed by atoms with Crippen molar-refractivity contribution >= 4 is 39.2 Å². The van der Waals surface area contributed by atoms with Crippen molar-refractivity contribution in [1.29, 1.82) is 0 Å². The van der Waals surface area contributed by atoms with Gasteiger partial charge in [0, 0.05) is 29.6 Å². The number of amides is 1. The number of aryl methyl sites for hydroxylation is 1. The minimum Gasteiger partial charge on any atom is -0.337 e. The normalized spacial score (nSPS) is 18.8. The Morgan fingerprint density at radius 2 is 1.94 bits per heavy atom. The van der Waals surface area contributed by atoms with Crippen molar-refractivity contribution in [3.05, 3.63) is 58.2 Å². The molecule has 1 amide bonds. The van der Waals surface area contributed by atoms with Crippen molar-refractivity contribution in [3.63, 3.8) is 0 Å². The summed E-state index contributed by atoms with van der Waals surface area (Å²) in [7, 11) is 0. The van der Waals surface area contributed by atoms with Crippen LogP contribution in [-0.2, 0) is 11.3 Å². The van der Waals surface area contributed by atoms with Gasteiger partial charge in [0.05, 0.1) is 11.1 Å². The number of aromatic nitrogens is 2. The highest BCUT2D eigenvalue weighted by Gasteiger charge is 2.29. The lowest BCUT2D eigenvalue weighted by atomic mass is 9.98. The van der Waals surface area contributed by atoms with E-state index >= 15 is 0 Å². The quantitative estimate of drug-likeness (QED) is 0.273. The van der Waals surface area contributed by atoms with Gasteiger partial charge in [0.1, 0.15) is 4.83 Å². The molecule has 1 saturated heterocycles. The Balaban J connectivity index is 1.67. The summed E-state index contributed by atoms with van der Waals surface area (Å²) >= 11 is 2.82. The highest BCUT2D eigenvalue weighted by atomic mass is 32.2. The van der Waals surface area contributed by atoms with Crippen molar-refractivity contribution in [2.75, 3.05) is 5.75 Å². The van der Waals surface area contributed by atoms with Crippen LogP contribution in [0.2, 0.25) is 0 Å². The van der Waals surface area contributed by atoms with Gasteiger partial charge in [-0.05, 0) is 45.6 Å². The van der Waals surface area contributed by atoms with E-state index in [9.17, 15) is 9.59 Å². The summed E-state index contributed by atoms with van der Waals surface area (Å²) < 4.78 is 1.64. The number of hydrogen-bond donors (Lipinski definition) is 0. The second kappa shape index (κ2) is 9.63. The van der Waals surface area contributed by atoms with Crippen molar-refractivity contribution < 1.29 is 4.79 Å². The molecular weight excluding hydrogens is 438 g/mol. The Morgan fingerprint density at radius 3 is 2.59 bits per heavy atom. The number of nitrogens with zero attached hydrogens (tertiary/aromatic N) is 3. The zero-order chi connectivity index (χ0) is 22.8. The first kappa shape index (κ1) is 22.8. The van der Waals surface area contributed by atoms with Crippen LogP contribution in [0, 0.1) is 6.92 Å². The van der Waals surface area contributed by atoms with Crippen LogP contribution in [0.4, 0.5) is 0 Å². The third kappa shape index (κ3) is 4.41.